The van der Waals surface area contributed by atoms with Gasteiger partial charge in [0.15, 0.2) is 5.65 Å². The highest BCUT2D eigenvalue weighted by atomic mass is 32.2. The van der Waals surface area contributed by atoms with Crippen LogP contribution in [0.1, 0.15) is 11.4 Å². The molecule has 0 aliphatic carbocycles. The third-order valence-electron chi connectivity index (χ3n) is 4.67. The SMILES string of the molecule is c1ccc(Cn2ccnc2CSc2ncnc3c2cnn3-c2ccccc2)cc1. The zero-order valence-electron chi connectivity index (χ0n) is 15.6. The van der Waals surface area contributed by atoms with E-state index in [-0.39, 0.29) is 0 Å². The number of hydrogen-bond acceptors (Lipinski definition) is 5. The summed E-state index contributed by atoms with van der Waals surface area (Å²) in [5, 5.41) is 6.38. The van der Waals surface area contributed by atoms with Crippen LogP contribution in [0, 0.1) is 0 Å². The molecule has 0 aliphatic rings. The Hall–Kier alpha value is -3.45. The fourth-order valence-electron chi connectivity index (χ4n) is 3.23. The van der Waals surface area contributed by atoms with Crippen molar-refractivity contribution in [2.24, 2.45) is 0 Å². The molecular formula is C22H18N6S. The standard InChI is InChI=1S/C22H18N6S/c1-3-7-17(8-4-1)14-27-12-11-23-20(27)15-29-22-19-13-26-28(21(19)24-16-25-22)18-9-5-2-6-10-18/h1-13,16H,14-15H2. The minimum atomic E-state index is 0.725. The molecule has 29 heavy (non-hydrogen) atoms. The first kappa shape index (κ1) is 17.6. The van der Waals surface area contributed by atoms with Gasteiger partial charge in [0.05, 0.1) is 23.0 Å². The van der Waals surface area contributed by atoms with Crippen LogP contribution in [0.15, 0.2) is 90.6 Å². The summed E-state index contributed by atoms with van der Waals surface area (Å²) >= 11 is 1.65. The fourth-order valence-corrected chi connectivity index (χ4v) is 4.16. The molecule has 0 aliphatic heterocycles. The predicted molar refractivity (Wildman–Crippen MR) is 114 cm³/mol. The van der Waals surface area contributed by atoms with Gasteiger partial charge in [-0.1, -0.05) is 60.3 Å². The number of para-hydroxylation sites is 1. The molecule has 0 saturated heterocycles. The van der Waals surface area contributed by atoms with E-state index in [1.807, 2.05) is 59.7 Å². The average Bonchev–Trinajstić information content (AvgIpc) is 3.41. The highest BCUT2D eigenvalue weighted by molar-refractivity contribution is 7.98. The fraction of sp³-hybridized carbons (Fsp3) is 0.0909. The van der Waals surface area contributed by atoms with Crippen LogP contribution in [0.3, 0.4) is 0 Å². The molecule has 7 heteroatoms. The van der Waals surface area contributed by atoms with Crippen molar-refractivity contribution < 1.29 is 0 Å². The lowest BCUT2D eigenvalue weighted by atomic mass is 10.2. The maximum absolute atomic E-state index is 4.54. The summed E-state index contributed by atoms with van der Waals surface area (Å²) in [6, 6.07) is 20.4. The van der Waals surface area contributed by atoms with Crippen molar-refractivity contribution >= 4 is 22.8 Å². The van der Waals surface area contributed by atoms with Gasteiger partial charge in [-0.3, -0.25) is 0 Å². The maximum Gasteiger partial charge on any atom is 0.167 e. The molecule has 0 bridgehead atoms. The van der Waals surface area contributed by atoms with Crippen LogP contribution in [0.5, 0.6) is 0 Å². The normalized spacial score (nSPS) is 11.2. The van der Waals surface area contributed by atoms with E-state index in [0.717, 1.165) is 39.9 Å². The van der Waals surface area contributed by atoms with Gasteiger partial charge in [0.1, 0.15) is 17.2 Å². The van der Waals surface area contributed by atoms with Gasteiger partial charge >= 0.3 is 0 Å². The molecule has 0 fully saturated rings. The van der Waals surface area contributed by atoms with E-state index in [4.69, 9.17) is 0 Å². The second-order valence-electron chi connectivity index (χ2n) is 6.55. The number of nitrogens with zero attached hydrogens (tertiary/aromatic N) is 6. The molecule has 0 spiro atoms. The lowest BCUT2D eigenvalue weighted by Crippen LogP contribution is -2.03. The Kier molecular flexibility index (Phi) is 4.80. The average molecular weight is 398 g/mol. The van der Waals surface area contributed by atoms with E-state index in [1.54, 1.807) is 18.1 Å². The van der Waals surface area contributed by atoms with Gasteiger partial charge < -0.3 is 4.57 Å². The molecule has 6 nitrogen and oxygen atoms in total. The summed E-state index contributed by atoms with van der Waals surface area (Å²) < 4.78 is 4.02. The Morgan fingerprint density at radius 3 is 2.48 bits per heavy atom. The maximum atomic E-state index is 4.54. The first-order chi connectivity index (χ1) is 14.4. The van der Waals surface area contributed by atoms with E-state index < -0.39 is 0 Å². The van der Waals surface area contributed by atoms with Crippen LogP contribution >= 0.6 is 11.8 Å². The molecule has 2 aromatic carbocycles. The molecule has 0 N–H and O–H groups in total. The van der Waals surface area contributed by atoms with Gasteiger partial charge in [-0.05, 0) is 17.7 Å². The molecule has 0 amide bonds. The second kappa shape index (κ2) is 7.89. The van der Waals surface area contributed by atoms with Crippen LogP contribution in [0.4, 0.5) is 0 Å². The van der Waals surface area contributed by atoms with Crippen molar-refractivity contribution in [3.8, 4) is 5.69 Å². The number of imidazole rings is 1. The quantitative estimate of drug-likeness (QED) is 0.314. The van der Waals surface area contributed by atoms with Gasteiger partial charge in [-0.25, -0.2) is 19.6 Å². The Morgan fingerprint density at radius 1 is 0.862 bits per heavy atom. The Balaban J connectivity index is 1.38. The minimum absolute atomic E-state index is 0.725. The van der Waals surface area contributed by atoms with E-state index >= 15 is 0 Å². The van der Waals surface area contributed by atoms with Crippen molar-refractivity contribution in [3.05, 3.63) is 97.0 Å². The molecule has 0 radical (unpaired) electrons. The summed E-state index contributed by atoms with van der Waals surface area (Å²) in [5.74, 6) is 1.74. The number of rotatable bonds is 6. The lowest BCUT2D eigenvalue weighted by molar-refractivity contribution is 0.756. The monoisotopic (exact) mass is 398 g/mol. The molecule has 0 atom stereocenters. The molecule has 3 heterocycles. The molecular weight excluding hydrogens is 380 g/mol. The van der Waals surface area contributed by atoms with E-state index in [2.05, 4.69) is 48.9 Å². The number of thioether (sulfide) groups is 1. The zero-order chi connectivity index (χ0) is 19.5. The van der Waals surface area contributed by atoms with Gasteiger partial charge in [0.25, 0.3) is 0 Å². The molecule has 5 aromatic rings. The predicted octanol–water partition coefficient (Wildman–Crippen LogP) is 4.35. The van der Waals surface area contributed by atoms with Crippen molar-refractivity contribution in [1.82, 2.24) is 29.3 Å². The molecule has 142 valence electrons. The number of hydrogen-bond donors (Lipinski definition) is 0. The first-order valence-electron chi connectivity index (χ1n) is 9.29. The van der Waals surface area contributed by atoms with E-state index in [0.29, 0.717) is 0 Å². The summed E-state index contributed by atoms with van der Waals surface area (Å²) in [6.45, 7) is 0.807. The molecule has 0 saturated carbocycles. The summed E-state index contributed by atoms with van der Waals surface area (Å²) in [6.07, 6.45) is 7.30. The van der Waals surface area contributed by atoms with Crippen molar-refractivity contribution in [1.29, 1.82) is 0 Å². The van der Waals surface area contributed by atoms with Crippen LogP contribution in [0.25, 0.3) is 16.7 Å². The van der Waals surface area contributed by atoms with Gasteiger partial charge in [-0.15, -0.1) is 0 Å². The number of fused-ring (bicyclic) bond motifs is 1. The van der Waals surface area contributed by atoms with E-state index in [1.165, 1.54) is 5.56 Å². The van der Waals surface area contributed by atoms with E-state index in [9.17, 15) is 0 Å². The lowest BCUT2D eigenvalue weighted by Gasteiger charge is -2.08. The van der Waals surface area contributed by atoms with Crippen molar-refractivity contribution in [2.75, 3.05) is 0 Å². The second-order valence-corrected chi connectivity index (χ2v) is 7.52. The Morgan fingerprint density at radius 2 is 1.66 bits per heavy atom. The molecule has 3 aromatic heterocycles. The third kappa shape index (κ3) is 3.64. The first-order valence-corrected chi connectivity index (χ1v) is 10.3. The van der Waals surface area contributed by atoms with Gasteiger partial charge in [0.2, 0.25) is 0 Å². The summed E-state index contributed by atoms with van der Waals surface area (Å²) in [7, 11) is 0. The van der Waals surface area contributed by atoms with Crippen LogP contribution in [-0.2, 0) is 12.3 Å². The Bertz CT molecular complexity index is 1230. The van der Waals surface area contributed by atoms with Gasteiger partial charge in [-0.2, -0.15) is 5.10 Å². The number of benzene rings is 2. The van der Waals surface area contributed by atoms with Gasteiger partial charge in [0, 0.05) is 18.9 Å². The van der Waals surface area contributed by atoms with Crippen molar-refractivity contribution in [2.45, 2.75) is 17.3 Å². The van der Waals surface area contributed by atoms with Crippen LogP contribution in [0.2, 0.25) is 0 Å². The molecule has 5 rings (SSSR count). The van der Waals surface area contributed by atoms with Crippen LogP contribution in [-0.4, -0.2) is 29.3 Å². The highest BCUT2D eigenvalue weighted by Gasteiger charge is 2.13. The largest absolute Gasteiger partial charge is 0.330 e. The molecule has 0 unspecified atom stereocenters. The zero-order valence-corrected chi connectivity index (χ0v) is 16.4. The van der Waals surface area contributed by atoms with Crippen LogP contribution < -0.4 is 0 Å². The summed E-state index contributed by atoms with van der Waals surface area (Å²) in [4.78, 5) is 13.5. The topological polar surface area (TPSA) is 61.4 Å². The number of aromatic nitrogens is 6. The minimum Gasteiger partial charge on any atom is -0.330 e. The smallest absolute Gasteiger partial charge is 0.167 e. The van der Waals surface area contributed by atoms with Crippen molar-refractivity contribution in [3.63, 3.8) is 0 Å². The Labute approximate surface area is 172 Å². The highest BCUT2D eigenvalue weighted by Crippen LogP contribution is 2.28. The summed E-state index contributed by atoms with van der Waals surface area (Å²) in [5.41, 5.74) is 3.04. The third-order valence-corrected chi connectivity index (χ3v) is 5.67.